The first kappa shape index (κ1) is 13.2. The zero-order valence-electron chi connectivity index (χ0n) is 9.74. The number of carbonyl (C=O) groups is 1. The summed E-state index contributed by atoms with van der Waals surface area (Å²) in [7, 11) is 0. The molecule has 1 aromatic rings. The smallest absolute Gasteiger partial charge is 0.181 e. The lowest BCUT2D eigenvalue weighted by Crippen LogP contribution is -2.31. The van der Waals surface area contributed by atoms with Gasteiger partial charge in [-0.05, 0) is 30.9 Å². The van der Waals surface area contributed by atoms with Gasteiger partial charge in [0.25, 0.3) is 0 Å². The molecule has 0 radical (unpaired) electrons. The number of ketones is 1. The van der Waals surface area contributed by atoms with Crippen LogP contribution in [-0.2, 0) is 0 Å². The Bertz CT molecular complexity index is 363. The summed E-state index contributed by atoms with van der Waals surface area (Å²) in [6.07, 6.45) is 1.67. The second-order valence-electron chi connectivity index (χ2n) is 4.42. The van der Waals surface area contributed by atoms with E-state index in [9.17, 15) is 4.79 Å². The fourth-order valence-corrected chi connectivity index (χ4v) is 1.73. The minimum absolute atomic E-state index is 0.0637. The third kappa shape index (κ3) is 3.62. The summed E-state index contributed by atoms with van der Waals surface area (Å²) < 4.78 is 0. The number of Topliss-reactive ketones (excluding diaryl/α,β-unsaturated/α-hetero) is 1. The first-order valence-corrected chi connectivity index (χ1v) is 5.94. The van der Waals surface area contributed by atoms with Crippen LogP contribution in [0.5, 0.6) is 0 Å². The van der Waals surface area contributed by atoms with E-state index in [2.05, 4.69) is 13.8 Å². The normalized spacial score (nSPS) is 12.8. The van der Waals surface area contributed by atoms with Crippen molar-refractivity contribution in [2.45, 2.75) is 32.7 Å². The molecule has 0 bridgehead atoms. The largest absolute Gasteiger partial charge is 0.321 e. The van der Waals surface area contributed by atoms with Crippen LogP contribution >= 0.6 is 11.6 Å². The Morgan fingerprint density at radius 1 is 1.31 bits per heavy atom. The van der Waals surface area contributed by atoms with Gasteiger partial charge in [-0.15, -0.1) is 0 Å². The van der Waals surface area contributed by atoms with Gasteiger partial charge in [-0.25, -0.2) is 0 Å². The molecule has 0 aliphatic heterocycles. The fraction of sp³-hybridized carbons (Fsp3) is 0.462. The topological polar surface area (TPSA) is 43.1 Å². The van der Waals surface area contributed by atoms with Crippen molar-refractivity contribution in [3.05, 3.63) is 34.9 Å². The van der Waals surface area contributed by atoms with Crippen molar-refractivity contribution >= 4 is 17.4 Å². The number of rotatable bonds is 5. The van der Waals surface area contributed by atoms with Crippen LogP contribution in [0.25, 0.3) is 0 Å². The number of hydrogen-bond acceptors (Lipinski definition) is 2. The zero-order valence-corrected chi connectivity index (χ0v) is 10.5. The van der Waals surface area contributed by atoms with E-state index in [1.807, 2.05) is 0 Å². The summed E-state index contributed by atoms with van der Waals surface area (Å²) >= 11 is 5.95. The molecular weight excluding hydrogens is 222 g/mol. The number of carbonyl (C=O) groups excluding carboxylic acids is 1. The molecule has 1 rings (SSSR count). The van der Waals surface area contributed by atoms with Gasteiger partial charge in [0.2, 0.25) is 0 Å². The Balaban J connectivity index is 2.67. The first-order valence-electron chi connectivity index (χ1n) is 5.56. The quantitative estimate of drug-likeness (QED) is 0.802. The maximum atomic E-state index is 12.0. The zero-order chi connectivity index (χ0) is 12.1. The van der Waals surface area contributed by atoms with Crippen LogP contribution in [0.1, 0.15) is 37.0 Å². The molecular formula is C13H18ClNO. The maximum absolute atomic E-state index is 12.0. The molecule has 1 atom stereocenters. The van der Waals surface area contributed by atoms with Crippen LogP contribution in [0.15, 0.2) is 24.3 Å². The molecule has 0 heterocycles. The molecule has 0 aliphatic rings. The van der Waals surface area contributed by atoms with Crippen molar-refractivity contribution in [1.29, 1.82) is 0 Å². The van der Waals surface area contributed by atoms with Gasteiger partial charge in [0.1, 0.15) is 0 Å². The van der Waals surface area contributed by atoms with E-state index in [4.69, 9.17) is 17.3 Å². The maximum Gasteiger partial charge on any atom is 0.181 e. The molecule has 2 N–H and O–H groups in total. The summed E-state index contributed by atoms with van der Waals surface area (Å²) in [6, 6.07) is 6.60. The molecule has 0 saturated carbocycles. The summed E-state index contributed by atoms with van der Waals surface area (Å²) in [5, 5.41) is 0.479. The van der Waals surface area contributed by atoms with E-state index in [0.29, 0.717) is 22.9 Å². The summed E-state index contributed by atoms with van der Waals surface area (Å²) in [5.74, 6) is 0.497. The lowest BCUT2D eigenvalue weighted by molar-refractivity contribution is 0.0955. The minimum Gasteiger partial charge on any atom is -0.321 e. The SMILES string of the molecule is CC(C)CCC(N)C(=O)c1ccccc1Cl. The van der Waals surface area contributed by atoms with E-state index < -0.39 is 6.04 Å². The van der Waals surface area contributed by atoms with Crippen molar-refractivity contribution in [2.75, 3.05) is 0 Å². The van der Waals surface area contributed by atoms with Gasteiger partial charge >= 0.3 is 0 Å². The molecule has 1 unspecified atom stereocenters. The van der Waals surface area contributed by atoms with Crippen LogP contribution in [0.4, 0.5) is 0 Å². The van der Waals surface area contributed by atoms with Gasteiger partial charge in [0, 0.05) is 5.56 Å². The first-order chi connectivity index (χ1) is 7.52. The third-order valence-corrected chi connectivity index (χ3v) is 2.86. The average Bonchev–Trinajstić information content (AvgIpc) is 2.25. The second-order valence-corrected chi connectivity index (χ2v) is 4.83. The van der Waals surface area contributed by atoms with Crippen LogP contribution in [0.2, 0.25) is 5.02 Å². The van der Waals surface area contributed by atoms with Crippen LogP contribution in [0, 0.1) is 5.92 Å². The highest BCUT2D eigenvalue weighted by Gasteiger charge is 2.17. The predicted molar refractivity (Wildman–Crippen MR) is 67.8 cm³/mol. The Hall–Kier alpha value is -0.860. The molecule has 1 aromatic carbocycles. The number of benzene rings is 1. The van der Waals surface area contributed by atoms with Gasteiger partial charge < -0.3 is 5.73 Å². The highest BCUT2D eigenvalue weighted by molar-refractivity contribution is 6.34. The third-order valence-electron chi connectivity index (χ3n) is 2.53. The Morgan fingerprint density at radius 3 is 2.50 bits per heavy atom. The molecule has 0 amide bonds. The standard InChI is InChI=1S/C13H18ClNO/c1-9(2)7-8-12(15)13(16)10-5-3-4-6-11(10)14/h3-6,9,12H,7-8,15H2,1-2H3. The highest BCUT2D eigenvalue weighted by atomic mass is 35.5. The number of hydrogen-bond donors (Lipinski definition) is 1. The highest BCUT2D eigenvalue weighted by Crippen LogP contribution is 2.18. The Labute approximate surface area is 102 Å². The molecule has 0 spiro atoms. The lowest BCUT2D eigenvalue weighted by Gasteiger charge is -2.12. The van der Waals surface area contributed by atoms with Crippen molar-refractivity contribution in [3.8, 4) is 0 Å². The van der Waals surface area contributed by atoms with Crippen molar-refractivity contribution in [1.82, 2.24) is 0 Å². The number of nitrogens with two attached hydrogens (primary N) is 1. The van der Waals surface area contributed by atoms with Crippen molar-refractivity contribution in [2.24, 2.45) is 11.7 Å². The Kier molecular flexibility index (Phi) is 4.97. The predicted octanol–water partition coefficient (Wildman–Crippen LogP) is 3.29. The minimum atomic E-state index is -0.442. The Morgan fingerprint density at radius 2 is 1.94 bits per heavy atom. The van der Waals surface area contributed by atoms with E-state index in [1.165, 1.54) is 0 Å². The summed E-state index contributed by atoms with van der Waals surface area (Å²) in [6.45, 7) is 4.24. The molecule has 2 nitrogen and oxygen atoms in total. The van der Waals surface area contributed by atoms with Crippen LogP contribution in [0.3, 0.4) is 0 Å². The fourth-order valence-electron chi connectivity index (χ4n) is 1.50. The van der Waals surface area contributed by atoms with Crippen molar-refractivity contribution < 1.29 is 4.79 Å². The van der Waals surface area contributed by atoms with Crippen LogP contribution < -0.4 is 5.73 Å². The molecule has 0 aromatic heterocycles. The summed E-state index contributed by atoms with van der Waals surface area (Å²) in [4.78, 5) is 12.0. The van der Waals surface area contributed by atoms with E-state index in [0.717, 1.165) is 6.42 Å². The van der Waals surface area contributed by atoms with Crippen LogP contribution in [-0.4, -0.2) is 11.8 Å². The lowest BCUT2D eigenvalue weighted by atomic mass is 9.97. The molecule has 0 fully saturated rings. The average molecular weight is 240 g/mol. The van der Waals surface area contributed by atoms with Gasteiger partial charge in [0.05, 0.1) is 11.1 Å². The van der Waals surface area contributed by atoms with Gasteiger partial charge in [-0.1, -0.05) is 37.6 Å². The molecule has 88 valence electrons. The molecule has 0 aliphatic carbocycles. The van der Waals surface area contributed by atoms with E-state index in [1.54, 1.807) is 24.3 Å². The van der Waals surface area contributed by atoms with E-state index >= 15 is 0 Å². The van der Waals surface area contributed by atoms with Gasteiger partial charge in [-0.2, -0.15) is 0 Å². The van der Waals surface area contributed by atoms with Gasteiger partial charge in [-0.3, -0.25) is 4.79 Å². The van der Waals surface area contributed by atoms with Gasteiger partial charge in [0.15, 0.2) is 5.78 Å². The monoisotopic (exact) mass is 239 g/mol. The number of halogens is 1. The summed E-state index contributed by atoms with van der Waals surface area (Å²) in [5.41, 5.74) is 6.39. The van der Waals surface area contributed by atoms with E-state index in [-0.39, 0.29) is 5.78 Å². The molecule has 0 saturated heterocycles. The second kappa shape index (κ2) is 6.02. The molecule has 3 heteroatoms. The van der Waals surface area contributed by atoms with Crippen molar-refractivity contribution in [3.63, 3.8) is 0 Å². The molecule has 16 heavy (non-hydrogen) atoms.